The van der Waals surface area contributed by atoms with Gasteiger partial charge in [-0.1, -0.05) is 6.07 Å². The average Bonchev–Trinajstić information content (AvgIpc) is 2.33. The Morgan fingerprint density at radius 1 is 1.20 bits per heavy atom. The van der Waals surface area contributed by atoms with Crippen molar-refractivity contribution in [3.8, 4) is 0 Å². The van der Waals surface area contributed by atoms with Gasteiger partial charge in [0.05, 0.1) is 0 Å². The molecule has 0 spiro atoms. The Kier molecular flexibility index (Phi) is 0.974. The van der Waals surface area contributed by atoms with Crippen molar-refractivity contribution in [3.63, 3.8) is 0 Å². The molecule has 3 heteroatoms. The molecule has 0 aliphatic rings. The normalized spacial score (nSPS) is 10.5. The van der Waals surface area contributed by atoms with Gasteiger partial charge in [0.15, 0.2) is 0 Å². The van der Waals surface area contributed by atoms with E-state index >= 15 is 0 Å². The van der Waals surface area contributed by atoms with E-state index < -0.39 is 0 Å². The zero-order valence-electron chi connectivity index (χ0n) is 5.53. The standard InChI is InChI=1S/C7H6N2O/c1-5-2-3-6-7(4-5)9-10-8-6/h2-4H,1H3. The Bertz CT molecular complexity index is 353. The summed E-state index contributed by atoms with van der Waals surface area (Å²) >= 11 is 0. The molecule has 0 saturated carbocycles. The molecule has 0 fully saturated rings. The Morgan fingerprint density at radius 3 is 2.90 bits per heavy atom. The molecule has 0 radical (unpaired) electrons. The number of rotatable bonds is 0. The molecule has 0 unspecified atom stereocenters. The van der Waals surface area contributed by atoms with Crippen LogP contribution in [0, 0.1) is 6.92 Å². The van der Waals surface area contributed by atoms with E-state index in [1.165, 1.54) is 5.56 Å². The Hall–Kier alpha value is -1.38. The highest BCUT2D eigenvalue weighted by Gasteiger charge is 1.96. The van der Waals surface area contributed by atoms with Crippen molar-refractivity contribution >= 4 is 11.0 Å². The van der Waals surface area contributed by atoms with Crippen LogP contribution < -0.4 is 0 Å². The topological polar surface area (TPSA) is 38.9 Å². The van der Waals surface area contributed by atoms with E-state index in [9.17, 15) is 0 Å². The van der Waals surface area contributed by atoms with Gasteiger partial charge in [0.25, 0.3) is 0 Å². The van der Waals surface area contributed by atoms with Crippen LogP contribution in [0.15, 0.2) is 22.8 Å². The summed E-state index contributed by atoms with van der Waals surface area (Å²) < 4.78 is 4.52. The first kappa shape index (κ1) is 5.41. The van der Waals surface area contributed by atoms with Crippen LogP contribution in [0.4, 0.5) is 0 Å². The molecule has 0 bridgehead atoms. The SMILES string of the molecule is Cc1ccc2nonc2c1. The van der Waals surface area contributed by atoms with Gasteiger partial charge < -0.3 is 0 Å². The lowest BCUT2D eigenvalue weighted by Gasteiger charge is -1.85. The van der Waals surface area contributed by atoms with Crippen LogP contribution in [0.25, 0.3) is 11.0 Å². The molecule has 0 aliphatic carbocycles. The van der Waals surface area contributed by atoms with Crippen molar-refractivity contribution in [3.05, 3.63) is 23.8 Å². The maximum atomic E-state index is 4.52. The lowest BCUT2D eigenvalue weighted by atomic mass is 10.2. The molecule has 0 N–H and O–H groups in total. The van der Waals surface area contributed by atoms with E-state index in [4.69, 9.17) is 0 Å². The first-order valence-electron chi connectivity index (χ1n) is 3.05. The number of fused-ring (bicyclic) bond motifs is 1. The van der Waals surface area contributed by atoms with Crippen LogP contribution in [-0.2, 0) is 0 Å². The predicted molar refractivity (Wildman–Crippen MR) is 36.5 cm³/mol. The van der Waals surface area contributed by atoms with E-state index in [2.05, 4.69) is 14.9 Å². The molecule has 1 aromatic carbocycles. The van der Waals surface area contributed by atoms with Crippen molar-refractivity contribution < 1.29 is 4.63 Å². The van der Waals surface area contributed by atoms with E-state index in [1.807, 2.05) is 25.1 Å². The van der Waals surface area contributed by atoms with Crippen molar-refractivity contribution in [1.29, 1.82) is 0 Å². The van der Waals surface area contributed by atoms with Crippen molar-refractivity contribution in [1.82, 2.24) is 10.3 Å². The van der Waals surface area contributed by atoms with E-state index in [1.54, 1.807) is 0 Å². The zero-order chi connectivity index (χ0) is 6.97. The molecule has 0 aliphatic heterocycles. The third-order valence-electron chi connectivity index (χ3n) is 1.41. The monoisotopic (exact) mass is 134 g/mol. The third-order valence-corrected chi connectivity index (χ3v) is 1.41. The summed E-state index contributed by atoms with van der Waals surface area (Å²) in [4.78, 5) is 0. The smallest absolute Gasteiger partial charge is 0.135 e. The van der Waals surface area contributed by atoms with Crippen molar-refractivity contribution in [2.75, 3.05) is 0 Å². The summed E-state index contributed by atoms with van der Waals surface area (Å²) in [5.41, 5.74) is 2.80. The lowest BCUT2D eigenvalue weighted by molar-refractivity contribution is 0.315. The fraction of sp³-hybridized carbons (Fsp3) is 0.143. The maximum Gasteiger partial charge on any atom is 0.135 e. The molecule has 3 nitrogen and oxygen atoms in total. The number of aromatic nitrogens is 2. The number of hydrogen-bond acceptors (Lipinski definition) is 3. The molecule has 1 aromatic heterocycles. The first-order chi connectivity index (χ1) is 4.86. The molecule has 2 rings (SSSR count). The quantitative estimate of drug-likeness (QED) is 0.548. The molecular weight excluding hydrogens is 128 g/mol. The van der Waals surface area contributed by atoms with E-state index in [0.717, 1.165) is 11.0 Å². The predicted octanol–water partition coefficient (Wildman–Crippen LogP) is 1.53. The summed E-state index contributed by atoms with van der Waals surface area (Å²) in [5.74, 6) is 0. The van der Waals surface area contributed by atoms with Crippen LogP contribution in [0.5, 0.6) is 0 Å². The Labute approximate surface area is 57.6 Å². The van der Waals surface area contributed by atoms with Gasteiger partial charge in [-0.15, -0.1) is 0 Å². The average molecular weight is 134 g/mol. The van der Waals surface area contributed by atoms with Crippen LogP contribution >= 0.6 is 0 Å². The number of aryl methyl sites for hydroxylation is 1. The van der Waals surface area contributed by atoms with Crippen LogP contribution in [0.2, 0.25) is 0 Å². The fourth-order valence-electron chi connectivity index (χ4n) is 0.892. The largest absolute Gasteiger partial charge is 0.243 e. The van der Waals surface area contributed by atoms with Crippen molar-refractivity contribution in [2.24, 2.45) is 0 Å². The molecule has 2 aromatic rings. The van der Waals surface area contributed by atoms with Gasteiger partial charge in [-0.3, -0.25) is 0 Å². The van der Waals surface area contributed by atoms with Crippen LogP contribution in [0.3, 0.4) is 0 Å². The molecule has 1 heterocycles. The molecule has 50 valence electrons. The van der Waals surface area contributed by atoms with Gasteiger partial charge in [0.2, 0.25) is 0 Å². The zero-order valence-corrected chi connectivity index (χ0v) is 5.53. The highest BCUT2D eigenvalue weighted by atomic mass is 16.6. The van der Waals surface area contributed by atoms with Crippen molar-refractivity contribution in [2.45, 2.75) is 6.92 Å². The maximum absolute atomic E-state index is 4.52. The summed E-state index contributed by atoms with van der Waals surface area (Å²) in [6.07, 6.45) is 0. The molecule has 0 amide bonds. The van der Waals surface area contributed by atoms with Crippen LogP contribution in [-0.4, -0.2) is 10.3 Å². The minimum absolute atomic E-state index is 0.811. The number of benzene rings is 1. The van der Waals surface area contributed by atoms with Gasteiger partial charge >= 0.3 is 0 Å². The summed E-state index contributed by atoms with van der Waals surface area (Å²) in [7, 11) is 0. The second-order valence-electron chi connectivity index (χ2n) is 2.26. The van der Waals surface area contributed by atoms with Gasteiger partial charge in [-0.25, -0.2) is 4.63 Å². The highest BCUT2D eigenvalue weighted by Crippen LogP contribution is 2.09. The van der Waals surface area contributed by atoms with Gasteiger partial charge in [0.1, 0.15) is 11.0 Å². The fourth-order valence-corrected chi connectivity index (χ4v) is 0.892. The summed E-state index contributed by atoms with van der Waals surface area (Å²) in [6, 6.07) is 5.81. The molecule has 0 saturated heterocycles. The Balaban J connectivity index is 2.86. The minimum atomic E-state index is 0.811. The molecular formula is C7H6N2O. The first-order valence-corrected chi connectivity index (χ1v) is 3.05. The van der Waals surface area contributed by atoms with E-state index in [-0.39, 0.29) is 0 Å². The van der Waals surface area contributed by atoms with Gasteiger partial charge in [0, 0.05) is 0 Å². The Morgan fingerprint density at radius 2 is 2.00 bits per heavy atom. The van der Waals surface area contributed by atoms with Gasteiger partial charge in [-0.05, 0) is 34.9 Å². The minimum Gasteiger partial charge on any atom is -0.243 e. The number of hydrogen-bond donors (Lipinski definition) is 0. The second-order valence-corrected chi connectivity index (χ2v) is 2.26. The van der Waals surface area contributed by atoms with Crippen LogP contribution in [0.1, 0.15) is 5.56 Å². The van der Waals surface area contributed by atoms with Gasteiger partial charge in [-0.2, -0.15) is 0 Å². The highest BCUT2D eigenvalue weighted by molar-refractivity contribution is 5.73. The van der Waals surface area contributed by atoms with E-state index in [0.29, 0.717) is 0 Å². The molecule has 10 heavy (non-hydrogen) atoms. The third kappa shape index (κ3) is 0.673. The lowest BCUT2D eigenvalue weighted by Crippen LogP contribution is -1.71. The summed E-state index contributed by atoms with van der Waals surface area (Å²) in [5, 5.41) is 7.37. The molecule has 0 atom stereocenters. The number of nitrogens with zero attached hydrogens (tertiary/aromatic N) is 2. The summed E-state index contributed by atoms with van der Waals surface area (Å²) in [6.45, 7) is 2.01. The second kappa shape index (κ2) is 1.80.